The van der Waals surface area contributed by atoms with E-state index in [1.54, 1.807) is 23.1 Å². The minimum Gasteiger partial charge on any atom is -0.489 e. The van der Waals surface area contributed by atoms with Crippen molar-refractivity contribution in [3.05, 3.63) is 142 Å². The van der Waals surface area contributed by atoms with Crippen LogP contribution < -0.4 is 15.1 Å². The van der Waals surface area contributed by atoms with Crippen molar-refractivity contribution in [2.75, 3.05) is 0 Å². The number of hydrogen-bond donors (Lipinski definition) is 0. The first-order valence-corrected chi connectivity index (χ1v) is 13.4. The third-order valence-electron chi connectivity index (χ3n) is 7.30. The first-order chi connectivity index (χ1) is 20.7. The molecule has 0 amide bonds. The van der Waals surface area contributed by atoms with Crippen LogP contribution >= 0.6 is 0 Å². The SMILES string of the molecule is O=c1oc2ccccc2c2c1C(c1cccc(OCc3ccccc3)c1)c1c(ncn3nc(-c4ccccn4)nc13)O2. The van der Waals surface area contributed by atoms with Crippen molar-refractivity contribution >= 4 is 16.6 Å². The monoisotopic (exact) mass is 551 g/mol. The maximum absolute atomic E-state index is 13.7. The van der Waals surface area contributed by atoms with E-state index in [1.807, 2.05) is 91.0 Å². The predicted octanol–water partition coefficient (Wildman–Crippen LogP) is 6.16. The van der Waals surface area contributed by atoms with Crippen molar-refractivity contribution in [1.82, 2.24) is 24.6 Å². The molecule has 0 radical (unpaired) electrons. The van der Waals surface area contributed by atoms with E-state index in [-0.39, 0.29) is 0 Å². The van der Waals surface area contributed by atoms with E-state index in [0.29, 0.717) is 63.2 Å². The lowest BCUT2D eigenvalue weighted by atomic mass is 9.84. The molecule has 5 heterocycles. The highest BCUT2D eigenvalue weighted by Crippen LogP contribution is 2.49. The van der Waals surface area contributed by atoms with Crippen LogP contribution in [0.3, 0.4) is 0 Å². The van der Waals surface area contributed by atoms with Crippen molar-refractivity contribution in [3.8, 4) is 28.9 Å². The number of aromatic nitrogens is 5. The fraction of sp³-hybridized carbons (Fsp3) is 0.0606. The van der Waals surface area contributed by atoms with Crippen LogP contribution in [-0.2, 0) is 6.61 Å². The Kier molecular flexibility index (Phi) is 5.53. The second kappa shape index (κ2) is 9.67. The third kappa shape index (κ3) is 3.98. The molecule has 1 unspecified atom stereocenters. The zero-order valence-electron chi connectivity index (χ0n) is 22.0. The number of para-hydroxylation sites is 1. The Balaban J connectivity index is 1.33. The summed E-state index contributed by atoms with van der Waals surface area (Å²) in [4.78, 5) is 27.5. The van der Waals surface area contributed by atoms with E-state index in [0.717, 1.165) is 11.1 Å². The standard InChI is InChI=1S/C33H21N5O4/c39-33-27-26(21-11-8-12-22(17-21)40-18-20-9-2-1-3-10-20)28-31-36-30(24-14-6-7-16-34-24)37-38(31)19-35-32(28)42-29(27)23-13-4-5-15-25(23)41-33/h1-17,19,26H,18H2. The van der Waals surface area contributed by atoms with Crippen molar-refractivity contribution in [2.24, 2.45) is 0 Å². The van der Waals surface area contributed by atoms with E-state index in [4.69, 9.17) is 18.9 Å². The van der Waals surface area contributed by atoms with Gasteiger partial charge in [0.1, 0.15) is 30.0 Å². The molecule has 7 aromatic rings. The summed E-state index contributed by atoms with van der Waals surface area (Å²) in [5.41, 5.74) is 3.86. The molecule has 0 fully saturated rings. The van der Waals surface area contributed by atoms with Gasteiger partial charge in [-0.3, -0.25) is 4.98 Å². The summed E-state index contributed by atoms with van der Waals surface area (Å²) in [6.45, 7) is 0.404. The topological polar surface area (TPSA) is 105 Å². The largest absolute Gasteiger partial charge is 0.489 e. The smallest absolute Gasteiger partial charge is 0.344 e. The zero-order chi connectivity index (χ0) is 28.0. The molecule has 42 heavy (non-hydrogen) atoms. The molecule has 1 aliphatic rings. The van der Waals surface area contributed by atoms with E-state index >= 15 is 0 Å². The van der Waals surface area contributed by atoms with Gasteiger partial charge in [-0.1, -0.05) is 60.7 Å². The first kappa shape index (κ1) is 24.0. The maximum Gasteiger partial charge on any atom is 0.344 e. The highest BCUT2D eigenvalue weighted by Gasteiger charge is 2.37. The molecule has 8 rings (SSSR count). The first-order valence-electron chi connectivity index (χ1n) is 13.4. The number of hydrogen-bond acceptors (Lipinski definition) is 8. The highest BCUT2D eigenvalue weighted by atomic mass is 16.5. The minimum atomic E-state index is -0.623. The average Bonchev–Trinajstić information content (AvgIpc) is 3.49. The van der Waals surface area contributed by atoms with E-state index < -0.39 is 11.5 Å². The van der Waals surface area contributed by atoms with Crippen LogP contribution in [0, 0.1) is 0 Å². The van der Waals surface area contributed by atoms with Gasteiger partial charge < -0.3 is 13.9 Å². The zero-order valence-corrected chi connectivity index (χ0v) is 22.0. The molecule has 9 nitrogen and oxygen atoms in total. The number of nitrogens with zero attached hydrogens (tertiary/aromatic N) is 5. The van der Waals surface area contributed by atoms with Gasteiger partial charge >= 0.3 is 5.63 Å². The van der Waals surface area contributed by atoms with Gasteiger partial charge in [0.2, 0.25) is 11.7 Å². The molecule has 0 spiro atoms. The van der Waals surface area contributed by atoms with Gasteiger partial charge in [-0.2, -0.15) is 0 Å². The molecule has 0 bridgehead atoms. The molecule has 3 aromatic carbocycles. The lowest BCUT2D eigenvalue weighted by molar-refractivity contribution is 0.306. The van der Waals surface area contributed by atoms with Crippen molar-refractivity contribution in [3.63, 3.8) is 0 Å². The van der Waals surface area contributed by atoms with Crippen LogP contribution in [0.15, 0.2) is 119 Å². The fourth-order valence-corrected chi connectivity index (χ4v) is 5.39. The van der Waals surface area contributed by atoms with Crippen LogP contribution in [0.25, 0.3) is 28.1 Å². The molecular weight excluding hydrogens is 530 g/mol. The summed E-state index contributed by atoms with van der Waals surface area (Å²) in [6.07, 6.45) is 3.25. The van der Waals surface area contributed by atoms with Crippen LogP contribution in [-0.4, -0.2) is 24.6 Å². The number of benzene rings is 3. The summed E-state index contributed by atoms with van der Waals surface area (Å²) in [6, 6.07) is 30.5. The molecular formula is C33H21N5O4. The molecule has 9 heteroatoms. The Hall–Kier alpha value is -5.83. The average molecular weight is 552 g/mol. The molecule has 1 aliphatic heterocycles. The summed E-state index contributed by atoms with van der Waals surface area (Å²) in [5, 5.41) is 5.30. The normalized spacial score (nSPS) is 13.9. The molecule has 202 valence electrons. The highest BCUT2D eigenvalue weighted by molar-refractivity contribution is 5.87. The van der Waals surface area contributed by atoms with Gasteiger partial charge in [0.05, 0.1) is 22.4 Å². The maximum atomic E-state index is 13.7. The van der Waals surface area contributed by atoms with Crippen LogP contribution in [0.5, 0.6) is 17.4 Å². The van der Waals surface area contributed by atoms with Gasteiger partial charge in [-0.25, -0.2) is 19.3 Å². The quantitative estimate of drug-likeness (QED) is 0.234. The van der Waals surface area contributed by atoms with Gasteiger partial charge in [-0.15, -0.1) is 5.10 Å². The predicted molar refractivity (Wildman–Crippen MR) is 155 cm³/mol. The number of fused-ring (bicyclic) bond motifs is 6. The fourth-order valence-electron chi connectivity index (χ4n) is 5.39. The lowest BCUT2D eigenvalue weighted by Gasteiger charge is -2.27. The van der Waals surface area contributed by atoms with Gasteiger partial charge in [0.15, 0.2) is 11.4 Å². The van der Waals surface area contributed by atoms with Gasteiger partial charge in [-0.05, 0) is 47.5 Å². The van der Waals surface area contributed by atoms with Gasteiger partial charge in [0, 0.05) is 6.20 Å². The Morgan fingerprint density at radius 2 is 1.71 bits per heavy atom. The Morgan fingerprint density at radius 3 is 2.60 bits per heavy atom. The molecule has 0 saturated heterocycles. The van der Waals surface area contributed by atoms with Crippen LogP contribution in [0.2, 0.25) is 0 Å². The Bertz CT molecular complexity index is 2160. The summed E-state index contributed by atoms with van der Waals surface area (Å²) in [5.74, 6) is 1.22. The van der Waals surface area contributed by atoms with Crippen LogP contribution in [0.1, 0.15) is 28.2 Å². The second-order valence-corrected chi connectivity index (χ2v) is 9.89. The van der Waals surface area contributed by atoms with E-state index in [2.05, 4.69) is 15.1 Å². The third-order valence-corrected chi connectivity index (χ3v) is 7.30. The summed E-state index contributed by atoms with van der Waals surface area (Å²) >= 11 is 0. The van der Waals surface area contributed by atoms with Crippen molar-refractivity contribution in [1.29, 1.82) is 0 Å². The molecule has 0 aliphatic carbocycles. The van der Waals surface area contributed by atoms with E-state index in [9.17, 15) is 4.79 Å². The summed E-state index contributed by atoms with van der Waals surface area (Å²) in [7, 11) is 0. The lowest BCUT2D eigenvalue weighted by Crippen LogP contribution is -2.22. The minimum absolute atomic E-state index is 0.339. The number of ether oxygens (including phenoxy) is 2. The molecule has 4 aromatic heterocycles. The van der Waals surface area contributed by atoms with Gasteiger partial charge in [0.25, 0.3) is 0 Å². The Labute approximate surface area is 238 Å². The van der Waals surface area contributed by atoms with Crippen molar-refractivity contribution < 1.29 is 13.9 Å². The summed E-state index contributed by atoms with van der Waals surface area (Å²) < 4.78 is 19.9. The number of pyridine rings is 1. The Morgan fingerprint density at radius 1 is 0.857 bits per heavy atom. The molecule has 0 N–H and O–H groups in total. The molecule has 1 atom stereocenters. The number of rotatable bonds is 5. The molecule has 0 saturated carbocycles. The van der Waals surface area contributed by atoms with E-state index in [1.165, 1.54) is 0 Å². The van der Waals surface area contributed by atoms with Crippen molar-refractivity contribution in [2.45, 2.75) is 12.5 Å². The second-order valence-electron chi connectivity index (χ2n) is 9.89. The van der Waals surface area contributed by atoms with Crippen LogP contribution in [0.4, 0.5) is 0 Å².